The molecule has 1 aromatic carbocycles. The zero-order valence-corrected chi connectivity index (χ0v) is 8.58. The van der Waals surface area contributed by atoms with E-state index in [1.807, 2.05) is 0 Å². The lowest BCUT2D eigenvalue weighted by molar-refractivity contribution is 0.112. The van der Waals surface area contributed by atoms with Crippen LogP contribution in [0.15, 0.2) is 24.4 Å². The fraction of sp³-hybridized carbons (Fsp3) is 0. The van der Waals surface area contributed by atoms with Crippen molar-refractivity contribution in [3.63, 3.8) is 0 Å². The second-order valence-corrected chi connectivity index (χ2v) is 3.37. The van der Waals surface area contributed by atoms with Gasteiger partial charge in [-0.15, -0.1) is 0 Å². The van der Waals surface area contributed by atoms with Crippen molar-refractivity contribution < 1.29 is 13.6 Å². The molecule has 2 rings (SSSR count). The SMILES string of the molecule is O=Cc1cnn(-c2ccc(F)cc2F)c1Cl. The van der Waals surface area contributed by atoms with Crippen LogP contribution in [0.25, 0.3) is 5.69 Å². The first-order valence-electron chi connectivity index (χ1n) is 4.27. The van der Waals surface area contributed by atoms with Crippen molar-refractivity contribution in [3.05, 3.63) is 46.7 Å². The Morgan fingerprint density at radius 2 is 2.12 bits per heavy atom. The van der Waals surface area contributed by atoms with E-state index in [-0.39, 0.29) is 16.4 Å². The largest absolute Gasteiger partial charge is 0.298 e. The van der Waals surface area contributed by atoms with Crippen molar-refractivity contribution in [2.45, 2.75) is 0 Å². The molecule has 0 bridgehead atoms. The molecule has 0 N–H and O–H groups in total. The van der Waals surface area contributed by atoms with Crippen LogP contribution in [-0.4, -0.2) is 16.1 Å². The third kappa shape index (κ3) is 1.69. The van der Waals surface area contributed by atoms with E-state index in [1.165, 1.54) is 12.3 Å². The first-order valence-corrected chi connectivity index (χ1v) is 4.65. The van der Waals surface area contributed by atoms with Gasteiger partial charge in [-0.25, -0.2) is 13.5 Å². The number of rotatable bonds is 2. The van der Waals surface area contributed by atoms with E-state index in [0.717, 1.165) is 10.7 Å². The Morgan fingerprint density at radius 3 is 2.69 bits per heavy atom. The number of nitrogens with zero attached hydrogens (tertiary/aromatic N) is 2. The zero-order chi connectivity index (χ0) is 11.7. The second-order valence-electron chi connectivity index (χ2n) is 3.02. The Morgan fingerprint density at radius 1 is 1.38 bits per heavy atom. The predicted octanol–water partition coefficient (Wildman–Crippen LogP) is 2.62. The molecule has 0 aliphatic carbocycles. The van der Waals surface area contributed by atoms with Gasteiger partial charge >= 0.3 is 0 Å². The Bertz CT molecular complexity index is 554. The highest BCUT2D eigenvalue weighted by molar-refractivity contribution is 6.32. The van der Waals surface area contributed by atoms with E-state index in [1.54, 1.807) is 0 Å². The summed E-state index contributed by atoms with van der Waals surface area (Å²) in [5.41, 5.74) is 0.130. The molecule has 0 unspecified atom stereocenters. The lowest BCUT2D eigenvalue weighted by Crippen LogP contribution is -2.00. The lowest BCUT2D eigenvalue weighted by atomic mass is 10.3. The quantitative estimate of drug-likeness (QED) is 0.759. The van der Waals surface area contributed by atoms with Gasteiger partial charge in [0.25, 0.3) is 0 Å². The van der Waals surface area contributed by atoms with Crippen molar-refractivity contribution in [1.82, 2.24) is 9.78 Å². The lowest BCUT2D eigenvalue weighted by Gasteiger charge is -2.04. The molecule has 1 aromatic heterocycles. The molecule has 0 atom stereocenters. The van der Waals surface area contributed by atoms with E-state index < -0.39 is 11.6 Å². The second kappa shape index (κ2) is 4.02. The van der Waals surface area contributed by atoms with Crippen LogP contribution in [0.3, 0.4) is 0 Å². The molecule has 0 spiro atoms. The summed E-state index contributed by atoms with van der Waals surface area (Å²) in [5, 5.41) is 3.72. The van der Waals surface area contributed by atoms with Gasteiger partial charge in [-0.05, 0) is 12.1 Å². The predicted molar refractivity (Wildman–Crippen MR) is 53.9 cm³/mol. The molecule has 0 aliphatic heterocycles. The summed E-state index contributed by atoms with van der Waals surface area (Å²) < 4.78 is 27.1. The van der Waals surface area contributed by atoms with E-state index in [4.69, 9.17) is 11.6 Å². The van der Waals surface area contributed by atoms with Gasteiger partial charge in [0.05, 0.1) is 11.8 Å². The van der Waals surface area contributed by atoms with Crippen LogP contribution >= 0.6 is 11.6 Å². The topological polar surface area (TPSA) is 34.9 Å². The Hall–Kier alpha value is -1.75. The van der Waals surface area contributed by atoms with Gasteiger partial charge in [0.2, 0.25) is 0 Å². The van der Waals surface area contributed by atoms with Crippen molar-refractivity contribution in [2.24, 2.45) is 0 Å². The van der Waals surface area contributed by atoms with Crippen LogP contribution in [0.2, 0.25) is 5.15 Å². The molecule has 2 aromatic rings. The van der Waals surface area contributed by atoms with Crippen LogP contribution in [-0.2, 0) is 0 Å². The normalized spacial score (nSPS) is 10.4. The maximum atomic E-state index is 13.4. The average Bonchev–Trinajstić information content (AvgIpc) is 2.60. The number of aldehydes is 1. The van der Waals surface area contributed by atoms with Crippen molar-refractivity contribution >= 4 is 17.9 Å². The van der Waals surface area contributed by atoms with Crippen LogP contribution in [0.4, 0.5) is 8.78 Å². The minimum Gasteiger partial charge on any atom is -0.298 e. The summed E-state index contributed by atoms with van der Waals surface area (Å²) in [4.78, 5) is 10.5. The molecule has 0 fully saturated rings. The third-order valence-electron chi connectivity index (χ3n) is 2.00. The fourth-order valence-corrected chi connectivity index (χ4v) is 1.47. The molecule has 1 heterocycles. The molecule has 0 radical (unpaired) electrons. The summed E-state index contributed by atoms with van der Waals surface area (Å²) in [6, 6.07) is 2.99. The van der Waals surface area contributed by atoms with Crippen LogP contribution in [0.1, 0.15) is 10.4 Å². The molecule has 0 amide bonds. The summed E-state index contributed by atoms with van der Waals surface area (Å²) in [7, 11) is 0. The number of hydrogen-bond acceptors (Lipinski definition) is 2. The minimum atomic E-state index is -0.803. The molecular weight excluding hydrogens is 238 g/mol. The Kier molecular flexibility index (Phi) is 2.70. The van der Waals surface area contributed by atoms with Gasteiger partial charge in [0.1, 0.15) is 16.7 Å². The van der Waals surface area contributed by atoms with Gasteiger partial charge in [-0.3, -0.25) is 4.79 Å². The molecule has 0 saturated heterocycles. The van der Waals surface area contributed by atoms with E-state index in [2.05, 4.69) is 5.10 Å². The summed E-state index contributed by atoms with van der Waals surface area (Å²) in [6.45, 7) is 0. The summed E-state index contributed by atoms with van der Waals surface area (Å²) >= 11 is 5.78. The molecule has 16 heavy (non-hydrogen) atoms. The monoisotopic (exact) mass is 242 g/mol. The highest BCUT2D eigenvalue weighted by Crippen LogP contribution is 2.21. The van der Waals surface area contributed by atoms with E-state index >= 15 is 0 Å². The van der Waals surface area contributed by atoms with Gasteiger partial charge in [0.15, 0.2) is 12.1 Å². The molecule has 0 aliphatic rings. The van der Waals surface area contributed by atoms with Crippen molar-refractivity contribution in [1.29, 1.82) is 0 Å². The highest BCUT2D eigenvalue weighted by Gasteiger charge is 2.13. The fourth-order valence-electron chi connectivity index (χ4n) is 1.25. The Labute approximate surface area is 94.3 Å². The van der Waals surface area contributed by atoms with Gasteiger partial charge in [-0.1, -0.05) is 11.6 Å². The van der Waals surface area contributed by atoms with Crippen LogP contribution in [0, 0.1) is 11.6 Å². The molecule has 0 saturated carbocycles. The van der Waals surface area contributed by atoms with E-state index in [9.17, 15) is 13.6 Å². The first kappa shape index (κ1) is 10.8. The standard InChI is InChI=1S/C10H5ClF2N2O/c11-10-6(5-16)4-14-15(10)9-2-1-7(12)3-8(9)13/h1-5H. The van der Waals surface area contributed by atoms with E-state index in [0.29, 0.717) is 12.4 Å². The van der Waals surface area contributed by atoms with Gasteiger partial charge < -0.3 is 0 Å². The zero-order valence-electron chi connectivity index (χ0n) is 7.82. The smallest absolute Gasteiger partial charge is 0.154 e. The highest BCUT2D eigenvalue weighted by atomic mass is 35.5. The molecule has 82 valence electrons. The number of aromatic nitrogens is 2. The third-order valence-corrected chi connectivity index (χ3v) is 2.38. The average molecular weight is 243 g/mol. The van der Waals surface area contributed by atoms with Crippen molar-refractivity contribution in [3.8, 4) is 5.69 Å². The molecular formula is C10H5ClF2N2O. The van der Waals surface area contributed by atoms with Gasteiger partial charge in [0, 0.05) is 6.07 Å². The van der Waals surface area contributed by atoms with Crippen LogP contribution in [0.5, 0.6) is 0 Å². The van der Waals surface area contributed by atoms with Gasteiger partial charge in [-0.2, -0.15) is 5.10 Å². The summed E-state index contributed by atoms with van der Waals surface area (Å²) in [5.74, 6) is -1.50. The maximum absolute atomic E-state index is 13.4. The van der Waals surface area contributed by atoms with Crippen molar-refractivity contribution in [2.75, 3.05) is 0 Å². The number of halogens is 3. The number of benzene rings is 1. The first-order chi connectivity index (χ1) is 7.63. The Balaban J connectivity index is 2.58. The van der Waals surface area contributed by atoms with Crippen LogP contribution < -0.4 is 0 Å². The summed E-state index contributed by atoms with van der Waals surface area (Å²) in [6.07, 6.45) is 1.71. The molecule has 6 heteroatoms. The number of hydrogen-bond donors (Lipinski definition) is 0. The molecule has 3 nitrogen and oxygen atoms in total. The minimum absolute atomic E-state index is 0.0134. The maximum Gasteiger partial charge on any atom is 0.154 e. The number of carbonyl (C=O) groups is 1. The number of carbonyl (C=O) groups excluding carboxylic acids is 1.